The number of ether oxygens (including phenoxy) is 1. The van der Waals surface area contributed by atoms with Crippen LogP contribution in [0.1, 0.15) is 73.9 Å². The SMILES string of the molecule is CCCCCCC/C(C)=N/NC(=O)c1ccc(COc2ccc(Cl)c(C)c2)cc1. The van der Waals surface area contributed by atoms with Crippen LogP contribution >= 0.6 is 11.6 Å². The molecule has 5 heteroatoms. The Bertz CT molecular complexity index is 816. The van der Waals surface area contributed by atoms with Gasteiger partial charge in [0.25, 0.3) is 5.91 Å². The standard InChI is InChI=1S/C24H31ClN2O2/c1-4-5-6-7-8-9-19(3)26-27-24(28)21-12-10-20(11-13-21)17-29-22-14-15-23(25)18(2)16-22/h10-16H,4-9,17H2,1-3H3,(H,27,28)/b26-19+. The fourth-order valence-corrected chi connectivity index (χ4v) is 2.99. The molecule has 0 aromatic heterocycles. The van der Waals surface area contributed by atoms with Crippen molar-refractivity contribution < 1.29 is 9.53 Å². The van der Waals surface area contributed by atoms with Crippen molar-refractivity contribution in [1.82, 2.24) is 5.43 Å². The number of hydrogen-bond acceptors (Lipinski definition) is 3. The molecule has 0 spiro atoms. The third kappa shape index (κ3) is 8.28. The van der Waals surface area contributed by atoms with Gasteiger partial charge in [0.2, 0.25) is 0 Å². The smallest absolute Gasteiger partial charge is 0.271 e. The molecule has 0 saturated carbocycles. The van der Waals surface area contributed by atoms with Crippen molar-refractivity contribution in [2.75, 3.05) is 0 Å². The highest BCUT2D eigenvalue weighted by Crippen LogP contribution is 2.22. The number of benzene rings is 2. The van der Waals surface area contributed by atoms with Crippen molar-refractivity contribution in [2.45, 2.75) is 65.9 Å². The average molecular weight is 415 g/mol. The Kier molecular flexibility index (Phi) is 9.72. The van der Waals surface area contributed by atoms with Crippen molar-refractivity contribution in [2.24, 2.45) is 5.10 Å². The lowest BCUT2D eigenvalue weighted by atomic mass is 10.1. The molecule has 2 aromatic rings. The van der Waals surface area contributed by atoms with E-state index >= 15 is 0 Å². The number of rotatable bonds is 11. The maximum atomic E-state index is 12.3. The molecule has 1 N–H and O–H groups in total. The molecule has 0 unspecified atom stereocenters. The molecule has 0 saturated heterocycles. The van der Waals surface area contributed by atoms with Crippen LogP contribution in [0.15, 0.2) is 47.6 Å². The topological polar surface area (TPSA) is 50.7 Å². The van der Waals surface area contributed by atoms with Gasteiger partial charge in [-0.2, -0.15) is 5.10 Å². The fraction of sp³-hybridized carbons (Fsp3) is 0.417. The lowest BCUT2D eigenvalue weighted by Gasteiger charge is -2.08. The van der Waals surface area contributed by atoms with Crippen LogP contribution in [-0.2, 0) is 6.61 Å². The third-order valence-corrected chi connectivity index (χ3v) is 5.17. The molecule has 0 atom stereocenters. The van der Waals surface area contributed by atoms with Crippen LogP contribution in [0.4, 0.5) is 0 Å². The molecule has 0 aliphatic rings. The van der Waals surface area contributed by atoms with E-state index in [9.17, 15) is 4.79 Å². The summed E-state index contributed by atoms with van der Waals surface area (Å²) in [6.07, 6.45) is 7.05. The predicted molar refractivity (Wildman–Crippen MR) is 121 cm³/mol. The third-order valence-electron chi connectivity index (χ3n) is 4.74. The van der Waals surface area contributed by atoms with E-state index in [0.717, 1.165) is 40.5 Å². The lowest BCUT2D eigenvalue weighted by molar-refractivity contribution is 0.0954. The molecule has 29 heavy (non-hydrogen) atoms. The van der Waals surface area contributed by atoms with E-state index in [4.69, 9.17) is 16.3 Å². The van der Waals surface area contributed by atoms with Gasteiger partial charge in [0.1, 0.15) is 12.4 Å². The summed E-state index contributed by atoms with van der Waals surface area (Å²) < 4.78 is 5.79. The summed E-state index contributed by atoms with van der Waals surface area (Å²) in [4.78, 5) is 12.3. The van der Waals surface area contributed by atoms with Crippen LogP contribution in [0.25, 0.3) is 0 Å². The number of halogens is 1. The number of hydrogen-bond donors (Lipinski definition) is 1. The lowest BCUT2D eigenvalue weighted by Crippen LogP contribution is -2.19. The average Bonchev–Trinajstić information content (AvgIpc) is 2.73. The van der Waals surface area contributed by atoms with Gasteiger partial charge in [-0.15, -0.1) is 0 Å². The predicted octanol–water partition coefficient (Wildman–Crippen LogP) is 6.69. The number of nitrogens with one attached hydrogen (secondary N) is 1. The fourth-order valence-electron chi connectivity index (χ4n) is 2.88. The molecule has 0 heterocycles. The highest BCUT2D eigenvalue weighted by atomic mass is 35.5. The summed E-state index contributed by atoms with van der Waals surface area (Å²) >= 11 is 6.03. The molecule has 4 nitrogen and oxygen atoms in total. The van der Waals surface area contributed by atoms with Crippen LogP contribution in [0.2, 0.25) is 5.02 Å². The minimum atomic E-state index is -0.198. The van der Waals surface area contributed by atoms with Gasteiger partial charge in [-0.1, -0.05) is 56.3 Å². The molecule has 0 radical (unpaired) electrons. The zero-order valence-electron chi connectivity index (χ0n) is 17.6. The van der Waals surface area contributed by atoms with Gasteiger partial charge >= 0.3 is 0 Å². The van der Waals surface area contributed by atoms with Gasteiger partial charge in [-0.3, -0.25) is 4.79 Å². The van der Waals surface area contributed by atoms with Crippen LogP contribution < -0.4 is 10.2 Å². The summed E-state index contributed by atoms with van der Waals surface area (Å²) in [6, 6.07) is 12.9. The van der Waals surface area contributed by atoms with E-state index in [0.29, 0.717) is 12.2 Å². The van der Waals surface area contributed by atoms with Gasteiger partial charge < -0.3 is 4.74 Å². The summed E-state index contributed by atoms with van der Waals surface area (Å²) in [7, 11) is 0. The van der Waals surface area contributed by atoms with Crippen LogP contribution in [0, 0.1) is 6.92 Å². The summed E-state index contributed by atoms with van der Waals surface area (Å²) in [5, 5.41) is 4.94. The molecule has 0 fully saturated rings. The highest BCUT2D eigenvalue weighted by Gasteiger charge is 2.05. The van der Waals surface area contributed by atoms with Crippen molar-refractivity contribution in [1.29, 1.82) is 0 Å². The van der Waals surface area contributed by atoms with E-state index in [2.05, 4.69) is 17.5 Å². The molecule has 2 rings (SSSR count). The first-order chi connectivity index (χ1) is 14.0. The van der Waals surface area contributed by atoms with Gasteiger partial charge in [-0.05, 0) is 68.1 Å². The first-order valence-corrected chi connectivity index (χ1v) is 10.7. The van der Waals surface area contributed by atoms with Gasteiger partial charge in [0, 0.05) is 16.3 Å². The van der Waals surface area contributed by atoms with Crippen LogP contribution in [-0.4, -0.2) is 11.6 Å². The zero-order chi connectivity index (χ0) is 21.1. The molecule has 156 valence electrons. The molecule has 1 amide bonds. The molecular formula is C24H31ClN2O2. The number of aryl methyl sites for hydroxylation is 1. The molecule has 0 aliphatic carbocycles. The summed E-state index contributed by atoms with van der Waals surface area (Å²) in [5.74, 6) is 0.573. The molecule has 0 bridgehead atoms. The van der Waals surface area contributed by atoms with Crippen molar-refractivity contribution >= 4 is 23.2 Å². The number of hydrazone groups is 1. The number of amides is 1. The number of unbranched alkanes of at least 4 members (excludes halogenated alkanes) is 4. The first kappa shape index (κ1) is 23.0. The Balaban J connectivity index is 1.78. The Hall–Kier alpha value is -2.33. The van der Waals surface area contributed by atoms with E-state index in [1.807, 2.05) is 44.2 Å². The van der Waals surface area contributed by atoms with E-state index in [1.165, 1.54) is 25.7 Å². The maximum Gasteiger partial charge on any atom is 0.271 e. The molecular weight excluding hydrogens is 384 g/mol. The highest BCUT2D eigenvalue weighted by molar-refractivity contribution is 6.31. The van der Waals surface area contributed by atoms with Crippen LogP contribution in [0.5, 0.6) is 5.75 Å². The normalized spacial score (nSPS) is 11.4. The van der Waals surface area contributed by atoms with Gasteiger partial charge in [-0.25, -0.2) is 5.43 Å². The van der Waals surface area contributed by atoms with E-state index < -0.39 is 0 Å². The second-order valence-corrected chi connectivity index (χ2v) is 7.76. The zero-order valence-corrected chi connectivity index (χ0v) is 18.4. The minimum absolute atomic E-state index is 0.198. The monoisotopic (exact) mass is 414 g/mol. The molecule has 0 aliphatic heterocycles. The minimum Gasteiger partial charge on any atom is -0.489 e. The Morgan fingerprint density at radius 2 is 1.79 bits per heavy atom. The van der Waals surface area contributed by atoms with E-state index in [-0.39, 0.29) is 5.91 Å². The Labute approximate surface area is 179 Å². The van der Waals surface area contributed by atoms with Gasteiger partial charge in [0.15, 0.2) is 0 Å². The molecule has 2 aromatic carbocycles. The van der Waals surface area contributed by atoms with Crippen molar-refractivity contribution in [3.05, 3.63) is 64.2 Å². The Morgan fingerprint density at radius 1 is 1.07 bits per heavy atom. The number of carbonyl (C=O) groups excluding carboxylic acids is 1. The second kappa shape index (κ2) is 12.3. The van der Waals surface area contributed by atoms with Crippen molar-refractivity contribution in [3.63, 3.8) is 0 Å². The van der Waals surface area contributed by atoms with Crippen molar-refractivity contribution in [3.8, 4) is 5.75 Å². The van der Waals surface area contributed by atoms with Crippen LogP contribution in [0.3, 0.4) is 0 Å². The van der Waals surface area contributed by atoms with Gasteiger partial charge in [0.05, 0.1) is 0 Å². The number of nitrogens with zero attached hydrogens (tertiary/aromatic N) is 1. The first-order valence-electron chi connectivity index (χ1n) is 10.3. The largest absolute Gasteiger partial charge is 0.489 e. The summed E-state index contributed by atoms with van der Waals surface area (Å²) in [5.41, 5.74) is 6.15. The maximum absolute atomic E-state index is 12.3. The second-order valence-electron chi connectivity index (χ2n) is 7.35. The summed E-state index contributed by atoms with van der Waals surface area (Å²) in [6.45, 7) is 6.54. The Morgan fingerprint density at radius 3 is 2.48 bits per heavy atom. The quantitative estimate of drug-likeness (QED) is 0.253. The van der Waals surface area contributed by atoms with E-state index in [1.54, 1.807) is 12.1 Å². The number of carbonyl (C=O) groups is 1.